The summed E-state index contributed by atoms with van der Waals surface area (Å²) in [7, 11) is 0. The van der Waals surface area contributed by atoms with E-state index in [1.165, 1.54) is 0 Å². The molecule has 1 aromatic carbocycles. The summed E-state index contributed by atoms with van der Waals surface area (Å²) in [5, 5.41) is 1.04. The second-order valence-electron chi connectivity index (χ2n) is 4.63. The Morgan fingerprint density at radius 2 is 2.10 bits per heavy atom. The molecule has 0 unspecified atom stereocenters. The topological polar surface area (TPSA) is 51.9 Å². The summed E-state index contributed by atoms with van der Waals surface area (Å²) in [5.41, 5.74) is 2.48. The summed E-state index contributed by atoms with van der Waals surface area (Å²) in [6.07, 6.45) is 0.780. The summed E-state index contributed by atoms with van der Waals surface area (Å²) < 4.78 is 1.74. The fourth-order valence-corrected chi connectivity index (χ4v) is 2.57. The molecule has 0 amide bonds. The van der Waals surface area contributed by atoms with Gasteiger partial charge in [0.25, 0.3) is 5.82 Å². The summed E-state index contributed by atoms with van der Waals surface area (Å²) in [6.45, 7) is 2.55. The molecule has 2 aromatic heterocycles. The van der Waals surface area contributed by atoms with Crippen LogP contribution in [0.2, 0.25) is 0 Å². The Morgan fingerprint density at radius 1 is 1.35 bits per heavy atom. The second-order valence-corrected chi connectivity index (χ2v) is 5.01. The molecule has 6 heteroatoms. The molecule has 0 aliphatic rings. The molecule has 0 atom stereocenters. The highest BCUT2D eigenvalue weighted by atomic mass is 35.5. The first kappa shape index (κ1) is 14.9. The molecule has 0 spiro atoms. The zero-order chi connectivity index (χ0) is 13.4. The summed E-state index contributed by atoms with van der Waals surface area (Å²) >= 11 is 5.71. The minimum Gasteiger partial charge on any atom is -1.00 e. The number of para-hydroxylation sites is 1. The molecule has 0 saturated carbocycles. The predicted octanol–water partition coefficient (Wildman–Crippen LogP) is -0.762. The van der Waals surface area contributed by atoms with Crippen molar-refractivity contribution in [2.24, 2.45) is 0 Å². The lowest BCUT2D eigenvalue weighted by Gasteiger charge is -2.00. The van der Waals surface area contributed by atoms with Crippen LogP contribution in [0.3, 0.4) is 0 Å². The number of rotatable bonds is 3. The van der Waals surface area contributed by atoms with Gasteiger partial charge in [-0.15, -0.1) is 11.6 Å². The van der Waals surface area contributed by atoms with E-state index in [1.807, 2.05) is 31.2 Å². The standard InChI is InChI=1S/C14H14ClN3O.ClH/c1-9-16-12-10-5-2-3-6-11(10)17-13(12)14(19)18(9)8-4-7-15;/h2-3,5-6,17H,4,7-8H2,1H3;1H. The quantitative estimate of drug-likeness (QED) is 0.635. The van der Waals surface area contributed by atoms with E-state index < -0.39 is 0 Å². The van der Waals surface area contributed by atoms with Crippen molar-refractivity contribution >= 4 is 33.5 Å². The van der Waals surface area contributed by atoms with Crippen molar-refractivity contribution < 1.29 is 17.4 Å². The molecule has 0 fully saturated rings. The third-order valence-corrected chi connectivity index (χ3v) is 3.66. The first-order chi connectivity index (χ1) is 9.22. The highest BCUT2D eigenvalue weighted by Crippen LogP contribution is 2.19. The van der Waals surface area contributed by atoms with E-state index in [-0.39, 0.29) is 18.0 Å². The van der Waals surface area contributed by atoms with Crippen molar-refractivity contribution in [1.29, 1.82) is 0 Å². The largest absolute Gasteiger partial charge is 1.00 e. The monoisotopic (exact) mass is 311 g/mol. The van der Waals surface area contributed by atoms with Crippen LogP contribution >= 0.6 is 11.6 Å². The smallest absolute Gasteiger partial charge is 0.361 e. The third kappa shape index (κ3) is 2.30. The lowest BCUT2D eigenvalue weighted by molar-refractivity contribution is -0.362. The second kappa shape index (κ2) is 5.85. The minimum absolute atomic E-state index is 0. The van der Waals surface area contributed by atoms with Crippen LogP contribution in [0.4, 0.5) is 0 Å². The zero-order valence-corrected chi connectivity index (χ0v) is 12.6. The number of aromatic amines is 2. The SMILES string of the molecule is Cc1[nH+]c2c([nH]c3ccccc32)c(=O)n1CCCCl.[Cl-]. The van der Waals surface area contributed by atoms with Crippen LogP contribution in [-0.2, 0) is 6.54 Å². The number of benzene rings is 1. The molecule has 106 valence electrons. The van der Waals surface area contributed by atoms with E-state index >= 15 is 0 Å². The fraction of sp³-hybridized carbons (Fsp3) is 0.286. The molecular formula is C14H15Cl2N3O. The molecule has 0 aliphatic carbocycles. The number of H-pyrrole nitrogens is 2. The molecule has 2 N–H and O–H groups in total. The van der Waals surface area contributed by atoms with Crippen LogP contribution in [-0.4, -0.2) is 15.4 Å². The number of alkyl halides is 1. The average Bonchev–Trinajstić information content (AvgIpc) is 2.78. The maximum atomic E-state index is 12.5. The van der Waals surface area contributed by atoms with E-state index in [0.29, 0.717) is 17.9 Å². The molecule has 0 aliphatic heterocycles. The number of hydrogen-bond acceptors (Lipinski definition) is 1. The number of halogens is 2. The van der Waals surface area contributed by atoms with Crippen LogP contribution in [0.5, 0.6) is 0 Å². The van der Waals surface area contributed by atoms with Crippen LogP contribution < -0.4 is 23.0 Å². The van der Waals surface area contributed by atoms with Crippen molar-refractivity contribution in [3.63, 3.8) is 0 Å². The Kier molecular flexibility index (Phi) is 4.35. The molecule has 20 heavy (non-hydrogen) atoms. The summed E-state index contributed by atoms with van der Waals surface area (Å²) in [5.74, 6) is 1.41. The van der Waals surface area contributed by atoms with Gasteiger partial charge in [0.1, 0.15) is 0 Å². The van der Waals surface area contributed by atoms with Crippen LogP contribution in [0.25, 0.3) is 21.9 Å². The zero-order valence-electron chi connectivity index (χ0n) is 11.0. The van der Waals surface area contributed by atoms with Gasteiger partial charge in [-0.3, -0.25) is 0 Å². The van der Waals surface area contributed by atoms with Crippen LogP contribution in [0.1, 0.15) is 12.2 Å². The fourth-order valence-electron chi connectivity index (χ4n) is 2.45. The van der Waals surface area contributed by atoms with Crippen molar-refractivity contribution in [3.05, 3.63) is 40.4 Å². The van der Waals surface area contributed by atoms with Crippen molar-refractivity contribution in [1.82, 2.24) is 9.55 Å². The Labute approximate surface area is 127 Å². The van der Waals surface area contributed by atoms with E-state index in [4.69, 9.17) is 11.6 Å². The normalized spacial score (nSPS) is 10.9. The molecule has 3 rings (SSSR count). The van der Waals surface area contributed by atoms with Gasteiger partial charge >= 0.3 is 5.56 Å². The first-order valence-electron chi connectivity index (χ1n) is 6.31. The molecule has 2 heterocycles. The van der Waals surface area contributed by atoms with Gasteiger partial charge in [0.05, 0.1) is 12.1 Å². The van der Waals surface area contributed by atoms with Gasteiger partial charge in [0.2, 0.25) is 0 Å². The van der Waals surface area contributed by atoms with Gasteiger partial charge in [-0.2, -0.15) is 4.57 Å². The molecule has 0 radical (unpaired) electrons. The van der Waals surface area contributed by atoms with Gasteiger partial charge in [-0.25, -0.2) is 9.78 Å². The molecule has 0 bridgehead atoms. The summed E-state index contributed by atoms with van der Waals surface area (Å²) in [4.78, 5) is 19.0. The summed E-state index contributed by atoms with van der Waals surface area (Å²) in [6, 6.07) is 7.90. The van der Waals surface area contributed by atoms with E-state index in [2.05, 4.69) is 9.97 Å². The van der Waals surface area contributed by atoms with E-state index in [1.54, 1.807) is 4.57 Å². The predicted molar refractivity (Wildman–Crippen MR) is 76.7 cm³/mol. The van der Waals surface area contributed by atoms with Crippen LogP contribution in [0.15, 0.2) is 29.1 Å². The lowest BCUT2D eigenvalue weighted by Crippen LogP contribution is -3.00. The Bertz CT molecular complexity index is 807. The number of nitrogens with zero attached hydrogens (tertiary/aromatic N) is 1. The third-order valence-electron chi connectivity index (χ3n) is 3.39. The van der Waals surface area contributed by atoms with E-state index in [9.17, 15) is 4.79 Å². The number of hydrogen-bond donors (Lipinski definition) is 1. The van der Waals surface area contributed by atoms with Gasteiger partial charge < -0.3 is 17.4 Å². The minimum atomic E-state index is 0. The van der Waals surface area contributed by atoms with Gasteiger partial charge in [-0.05, 0) is 18.6 Å². The molecule has 0 saturated heterocycles. The van der Waals surface area contributed by atoms with Crippen molar-refractivity contribution in [2.75, 3.05) is 5.88 Å². The van der Waals surface area contributed by atoms with E-state index in [0.717, 1.165) is 28.7 Å². The Morgan fingerprint density at radius 3 is 2.85 bits per heavy atom. The maximum Gasteiger partial charge on any atom is 0.361 e. The van der Waals surface area contributed by atoms with Gasteiger partial charge in [-0.1, -0.05) is 12.1 Å². The number of aryl methyl sites for hydroxylation is 1. The van der Waals surface area contributed by atoms with Gasteiger partial charge in [0, 0.05) is 18.2 Å². The average molecular weight is 312 g/mol. The maximum absolute atomic E-state index is 12.5. The molecular weight excluding hydrogens is 297 g/mol. The number of fused-ring (bicyclic) bond motifs is 3. The highest BCUT2D eigenvalue weighted by molar-refractivity contribution is 6.17. The highest BCUT2D eigenvalue weighted by Gasteiger charge is 2.18. The molecule has 4 nitrogen and oxygen atoms in total. The van der Waals surface area contributed by atoms with Gasteiger partial charge in [0.15, 0.2) is 11.0 Å². The Hall–Kier alpha value is -1.52. The number of aromatic nitrogens is 3. The van der Waals surface area contributed by atoms with Crippen molar-refractivity contribution in [2.45, 2.75) is 19.9 Å². The van der Waals surface area contributed by atoms with Crippen molar-refractivity contribution in [3.8, 4) is 0 Å². The first-order valence-corrected chi connectivity index (χ1v) is 6.85. The number of nitrogens with one attached hydrogen (secondary N) is 2. The lowest BCUT2D eigenvalue weighted by atomic mass is 10.2. The van der Waals surface area contributed by atoms with Crippen LogP contribution in [0, 0.1) is 6.92 Å². The molecule has 3 aromatic rings. The Balaban J connectivity index is 0.00000147.